The number of ether oxygens (including phenoxy) is 1. The summed E-state index contributed by atoms with van der Waals surface area (Å²) in [6.45, 7) is 0. The van der Waals surface area contributed by atoms with Crippen LogP contribution in [-0.4, -0.2) is 27.8 Å². The fourth-order valence-electron chi connectivity index (χ4n) is 2.64. The SMILES string of the molecule is COc1cc(C=Nc2c(-c3ccccc3)n(C)n(C)c2=O)ccc1O. The molecular weight excluding hydrogens is 318 g/mol. The topological polar surface area (TPSA) is 68.8 Å². The average Bonchev–Trinajstić information content (AvgIpc) is 2.85. The van der Waals surface area contributed by atoms with Gasteiger partial charge >= 0.3 is 0 Å². The van der Waals surface area contributed by atoms with E-state index < -0.39 is 0 Å². The van der Waals surface area contributed by atoms with Crippen LogP contribution in [0.15, 0.2) is 58.3 Å². The van der Waals surface area contributed by atoms with Crippen molar-refractivity contribution in [3.8, 4) is 22.8 Å². The standard InChI is InChI=1S/C19H19N3O3/c1-21-18(14-7-5-4-6-8-14)17(19(24)22(21)2)20-12-13-9-10-15(23)16(11-13)25-3/h4-12,23H,1-3H3. The number of methoxy groups -OCH3 is 1. The molecule has 1 heterocycles. The first-order valence-corrected chi connectivity index (χ1v) is 7.75. The summed E-state index contributed by atoms with van der Waals surface area (Å²) in [6, 6.07) is 14.5. The summed E-state index contributed by atoms with van der Waals surface area (Å²) in [5.74, 6) is 0.411. The van der Waals surface area contributed by atoms with Crippen LogP contribution in [0.25, 0.3) is 11.3 Å². The van der Waals surface area contributed by atoms with Crippen molar-refractivity contribution in [2.45, 2.75) is 0 Å². The highest BCUT2D eigenvalue weighted by Crippen LogP contribution is 2.28. The van der Waals surface area contributed by atoms with E-state index >= 15 is 0 Å². The molecule has 0 atom stereocenters. The molecule has 1 N–H and O–H groups in total. The number of phenolic OH excluding ortho intramolecular Hbond substituents is 1. The highest BCUT2D eigenvalue weighted by Gasteiger charge is 2.16. The Kier molecular flexibility index (Phi) is 4.43. The molecule has 0 radical (unpaired) electrons. The van der Waals surface area contributed by atoms with Crippen molar-refractivity contribution in [3.05, 3.63) is 64.4 Å². The third kappa shape index (κ3) is 3.06. The van der Waals surface area contributed by atoms with Crippen molar-refractivity contribution in [1.82, 2.24) is 9.36 Å². The van der Waals surface area contributed by atoms with Gasteiger partial charge in [-0.1, -0.05) is 30.3 Å². The zero-order chi connectivity index (χ0) is 18.0. The Hall–Kier alpha value is -3.28. The highest BCUT2D eigenvalue weighted by atomic mass is 16.5. The fourth-order valence-corrected chi connectivity index (χ4v) is 2.64. The summed E-state index contributed by atoms with van der Waals surface area (Å²) in [5, 5.41) is 9.67. The van der Waals surface area contributed by atoms with E-state index in [9.17, 15) is 9.90 Å². The van der Waals surface area contributed by atoms with Gasteiger partial charge in [0.2, 0.25) is 0 Å². The molecule has 0 saturated heterocycles. The molecule has 0 spiro atoms. The average molecular weight is 337 g/mol. The number of hydrogen-bond acceptors (Lipinski definition) is 4. The van der Waals surface area contributed by atoms with Gasteiger partial charge in [0, 0.05) is 25.9 Å². The predicted molar refractivity (Wildman–Crippen MR) is 98.0 cm³/mol. The lowest BCUT2D eigenvalue weighted by Crippen LogP contribution is -2.16. The summed E-state index contributed by atoms with van der Waals surface area (Å²) >= 11 is 0. The lowest BCUT2D eigenvalue weighted by Gasteiger charge is -2.06. The van der Waals surface area contributed by atoms with Crippen molar-refractivity contribution < 1.29 is 9.84 Å². The van der Waals surface area contributed by atoms with Crippen LogP contribution in [0.1, 0.15) is 5.56 Å². The lowest BCUT2D eigenvalue weighted by molar-refractivity contribution is 0.373. The third-order valence-electron chi connectivity index (χ3n) is 4.09. The van der Waals surface area contributed by atoms with Crippen LogP contribution in [0, 0.1) is 0 Å². The molecule has 3 rings (SSSR count). The molecule has 0 saturated carbocycles. The lowest BCUT2D eigenvalue weighted by atomic mass is 10.1. The summed E-state index contributed by atoms with van der Waals surface area (Å²) in [6.07, 6.45) is 1.59. The first-order valence-electron chi connectivity index (χ1n) is 7.75. The molecule has 2 aromatic carbocycles. The molecule has 6 nitrogen and oxygen atoms in total. The van der Waals surface area contributed by atoms with Gasteiger partial charge in [0.05, 0.1) is 12.8 Å². The van der Waals surface area contributed by atoms with E-state index in [1.165, 1.54) is 17.9 Å². The molecule has 0 unspecified atom stereocenters. The van der Waals surface area contributed by atoms with Crippen molar-refractivity contribution in [1.29, 1.82) is 0 Å². The largest absolute Gasteiger partial charge is 0.504 e. The molecule has 128 valence electrons. The van der Waals surface area contributed by atoms with Crippen LogP contribution < -0.4 is 10.3 Å². The van der Waals surface area contributed by atoms with Crippen molar-refractivity contribution in [3.63, 3.8) is 0 Å². The number of hydrogen-bond donors (Lipinski definition) is 1. The number of phenols is 1. The third-order valence-corrected chi connectivity index (χ3v) is 4.09. The van der Waals surface area contributed by atoms with Crippen molar-refractivity contribution in [2.24, 2.45) is 19.1 Å². The van der Waals surface area contributed by atoms with Crippen molar-refractivity contribution >= 4 is 11.9 Å². The van der Waals surface area contributed by atoms with Gasteiger partial charge in [-0.25, -0.2) is 4.99 Å². The maximum atomic E-state index is 12.5. The number of aliphatic imine (C=N–C) groups is 1. The Morgan fingerprint density at radius 3 is 2.48 bits per heavy atom. The summed E-state index contributed by atoms with van der Waals surface area (Å²) < 4.78 is 8.40. The van der Waals surface area contributed by atoms with E-state index in [-0.39, 0.29) is 11.3 Å². The van der Waals surface area contributed by atoms with Gasteiger partial charge < -0.3 is 9.84 Å². The van der Waals surface area contributed by atoms with Crippen LogP contribution in [-0.2, 0) is 14.1 Å². The Labute approximate surface area is 145 Å². The Bertz CT molecular complexity index is 985. The molecule has 25 heavy (non-hydrogen) atoms. The van der Waals surface area contributed by atoms with Gasteiger partial charge in [-0.2, -0.15) is 0 Å². The van der Waals surface area contributed by atoms with Gasteiger partial charge in [-0.3, -0.25) is 14.2 Å². The minimum atomic E-state index is -0.177. The second-order valence-corrected chi connectivity index (χ2v) is 5.61. The Morgan fingerprint density at radius 2 is 1.80 bits per heavy atom. The van der Waals surface area contributed by atoms with Gasteiger partial charge in [0.1, 0.15) is 0 Å². The zero-order valence-electron chi connectivity index (χ0n) is 14.3. The maximum Gasteiger partial charge on any atom is 0.292 e. The molecular formula is C19H19N3O3. The van der Waals surface area contributed by atoms with Crippen LogP contribution in [0.3, 0.4) is 0 Å². The first-order chi connectivity index (χ1) is 12.0. The quantitative estimate of drug-likeness (QED) is 0.744. The van der Waals surface area contributed by atoms with Crippen LogP contribution in [0.2, 0.25) is 0 Å². The van der Waals surface area contributed by atoms with E-state index in [1.54, 1.807) is 30.1 Å². The first kappa shape index (κ1) is 16.6. The van der Waals surface area contributed by atoms with Gasteiger partial charge in [0.15, 0.2) is 17.2 Å². The Morgan fingerprint density at radius 1 is 1.08 bits per heavy atom. The van der Waals surface area contributed by atoms with E-state index in [4.69, 9.17) is 4.74 Å². The molecule has 1 aromatic heterocycles. The molecule has 0 aliphatic heterocycles. The zero-order valence-corrected chi connectivity index (χ0v) is 14.3. The molecule has 0 bridgehead atoms. The number of nitrogens with zero attached hydrogens (tertiary/aromatic N) is 3. The van der Waals surface area contributed by atoms with Crippen molar-refractivity contribution in [2.75, 3.05) is 7.11 Å². The van der Waals surface area contributed by atoms with E-state index in [1.807, 2.05) is 37.4 Å². The van der Waals surface area contributed by atoms with Gasteiger partial charge in [-0.05, 0) is 23.8 Å². The highest BCUT2D eigenvalue weighted by molar-refractivity contribution is 5.85. The number of aromatic hydroxyl groups is 1. The monoisotopic (exact) mass is 337 g/mol. The summed E-state index contributed by atoms with van der Waals surface area (Å²) in [5.41, 5.74) is 2.57. The van der Waals surface area contributed by atoms with E-state index in [0.717, 1.165) is 16.8 Å². The molecule has 3 aromatic rings. The normalized spacial score (nSPS) is 11.2. The molecule has 0 aliphatic rings. The molecule has 0 aliphatic carbocycles. The molecule has 0 fully saturated rings. The van der Waals surface area contributed by atoms with E-state index in [0.29, 0.717) is 11.4 Å². The maximum absolute atomic E-state index is 12.5. The number of aromatic nitrogens is 2. The van der Waals surface area contributed by atoms with Gasteiger partial charge in [-0.15, -0.1) is 0 Å². The van der Waals surface area contributed by atoms with E-state index in [2.05, 4.69) is 4.99 Å². The second-order valence-electron chi connectivity index (χ2n) is 5.61. The summed E-state index contributed by atoms with van der Waals surface area (Å²) in [7, 11) is 5.01. The second kappa shape index (κ2) is 6.68. The minimum absolute atomic E-state index is 0.0558. The van der Waals surface area contributed by atoms with Crippen LogP contribution in [0.4, 0.5) is 5.69 Å². The predicted octanol–water partition coefficient (Wildman–Crippen LogP) is 2.86. The minimum Gasteiger partial charge on any atom is -0.504 e. The summed E-state index contributed by atoms with van der Waals surface area (Å²) in [4.78, 5) is 17.0. The Balaban J connectivity index is 2.09. The molecule has 6 heteroatoms. The van der Waals surface area contributed by atoms with Crippen LogP contribution >= 0.6 is 0 Å². The fraction of sp³-hybridized carbons (Fsp3) is 0.158. The smallest absolute Gasteiger partial charge is 0.292 e. The van der Waals surface area contributed by atoms with Crippen LogP contribution in [0.5, 0.6) is 11.5 Å². The molecule has 0 amide bonds. The number of benzene rings is 2. The number of rotatable bonds is 4. The van der Waals surface area contributed by atoms with Gasteiger partial charge in [0.25, 0.3) is 5.56 Å².